The molecule has 0 saturated carbocycles. The summed E-state index contributed by atoms with van der Waals surface area (Å²) in [6.45, 7) is 0. The summed E-state index contributed by atoms with van der Waals surface area (Å²) in [6, 6.07) is 6.92. The molecule has 26 heavy (non-hydrogen) atoms. The van der Waals surface area contributed by atoms with Crippen LogP contribution >= 0.6 is 0 Å². The van der Waals surface area contributed by atoms with Gasteiger partial charge in [0.25, 0.3) is 0 Å². The molecule has 3 rings (SSSR count). The molecular formula is C20H22FNO4. The Morgan fingerprint density at radius 1 is 0.885 bits per heavy atom. The number of rotatable bonds is 6. The Morgan fingerprint density at radius 3 is 2.15 bits per heavy atom. The smallest absolute Gasteiger partial charge is 0.205 e. The lowest BCUT2D eigenvalue weighted by Crippen LogP contribution is -1.97. The van der Waals surface area contributed by atoms with Gasteiger partial charge >= 0.3 is 0 Å². The molecule has 0 aliphatic rings. The molecule has 0 unspecified atom stereocenters. The van der Waals surface area contributed by atoms with Crippen molar-refractivity contribution in [3.05, 3.63) is 47.4 Å². The molecule has 0 aliphatic heterocycles. The predicted octanol–water partition coefficient (Wildman–Crippen LogP) is 3.94. The van der Waals surface area contributed by atoms with Crippen molar-refractivity contribution in [2.45, 2.75) is 6.42 Å². The van der Waals surface area contributed by atoms with E-state index in [4.69, 9.17) is 18.9 Å². The van der Waals surface area contributed by atoms with Crippen molar-refractivity contribution in [2.75, 3.05) is 28.4 Å². The van der Waals surface area contributed by atoms with Gasteiger partial charge in [-0.15, -0.1) is 0 Å². The molecular weight excluding hydrogens is 337 g/mol. The Bertz CT molecular complexity index is 949. The number of fused-ring (bicyclic) bond motifs is 1. The van der Waals surface area contributed by atoms with Crippen LogP contribution in [0.1, 0.15) is 11.1 Å². The predicted molar refractivity (Wildman–Crippen MR) is 98.3 cm³/mol. The number of halogens is 1. The average Bonchev–Trinajstić information content (AvgIpc) is 2.95. The lowest BCUT2D eigenvalue weighted by Gasteiger charge is -2.14. The molecule has 0 fully saturated rings. The van der Waals surface area contributed by atoms with E-state index in [2.05, 4.69) is 0 Å². The minimum Gasteiger partial charge on any atom is -0.494 e. The Hall–Kier alpha value is -2.89. The van der Waals surface area contributed by atoms with Gasteiger partial charge < -0.3 is 23.5 Å². The zero-order valence-electron chi connectivity index (χ0n) is 15.6. The summed E-state index contributed by atoms with van der Waals surface area (Å²) < 4.78 is 37.5. The van der Waals surface area contributed by atoms with Gasteiger partial charge in [0.05, 0.1) is 34.0 Å². The van der Waals surface area contributed by atoms with E-state index in [1.807, 2.05) is 29.9 Å². The van der Waals surface area contributed by atoms with Gasteiger partial charge in [-0.1, -0.05) is 6.07 Å². The number of aryl methyl sites for hydroxylation is 1. The highest BCUT2D eigenvalue weighted by Crippen LogP contribution is 2.45. The van der Waals surface area contributed by atoms with Crippen molar-refractivity contribution in [1.29, 1.82) is 0 Å². The van der Waals surface area contributed by atoms with Crippen LogP contribution in [0, 0.1) is 5.82 Å². The van der Waals surface area contributed by atoms with Gasteiger partial charge in [0, 0.05) is 18.6 Å². The van der Waals surface area contributed by atoms with E-state index in [1.54, 1.807) is 27.4 Å². The Morgan fingerprint density at radius 2 is 1.58 bits per heavy atom. The van der Waals surface area contributed by atoms with E-state index >= 15 is 0 Å². The number of hydrogen-bond donors (Lipinski definition) is 0. The van der Waals surface area contributed by atoms with Crippen molar-refractivity contribution in [1.82, 2.24) is 4.57 Å². The topological polar surface area (TPSA) is 41.9 Å². The Balaban J connectivity index is 2.14. The fourth-order valence-electron chi connectivity index (χ4n) is 3.28. The van der Waals surface area contributed by atoms with Crippen LogP contribution in [-0.2, 0) is 13.5 Å². The number of methoxy groups -OCH3 is 4. The van der Waals surface area contributed by atoms with Crippen LogP contribution in [-0.4, -0.2) is 33.0 Å². The summed E-state index contributed by atoms with van der Waals surface area (Å²) in [5.74, 6) is 1.61. The maximum absolute atomic E-state index is 14.0. The zero-order valence-corrected chi connectivity index (χ0v) is 15.6. The van der Waals surface area contributed by atoms with Crippen LogP contribution in [0.25, 0.3) is 10.9 Å². The van der Waals surface area contributed by atoms with Gasteiger partial charge in [-0.3, -0.25) is 0 Å². The molecule has 0 radical (unpaired) electrons. The van der Waals surface area contributed by atoms with Crippen LogP contribution < -0.4 is 18.9 Å². The highest BCUT2D eigenvalue weighted by atomic mass is 19.1. The average molecular weight is 359 g/mol. The second kappa shape index (κ2) is 7.15. The van der Waals surface area contributed by atoms with E-state index in [9.17, 15) is 4.39 Å². The molecule has 3 aromatic rings. The molecule has 1 heterocycles. The van der Waals surface area contributed by atoms with E-state index < -0.39 is 0 Å². The van der Waals surface area contributed by atoms with E-state index in [0.717, 1.165) is 22.0 Å². The Labute approximate surface area is 151 Å². The molecule has 0 N–H and O–H groups in total. The molecule has 5 nitrogen and oxygen atoms in total. The highest BCUT2D eigenvalue weighted by molar-refractivity contribution is 5.94. The van der Waals surface area contributed by atoms with E-state index in [1.165, 1.54) is 13.2 Å². The van der Waals surface area contributed by atoms with Crippen molar-refractivity contribution in [3.63, 3.8) is 0 Å². The quantitative estimate of drug-likeness (QED) is 0.668. The standard InChI is InChI=1S/C20H22FNO4/c1-22-11-13(8-12-6-7-16(23-2)15(21)9-12)14-10-17(24-3)19(25-4)20(26-5)18(14)22/h6-7,9-11H,8H2,1-5H3. The normalized spacial score (nSPS) is 10.8. The van der Waals surface area contributed by atoms with Gasteiger partial charge in [-0.2, -0.15) is 0 Å². The maximum Gasteiger partial charge on any atom is 0.205 e. The number of nitrogens with zero attached hydrogens (tertiary/aromatic N) is 1. The van der Waals surface area contributed by atoms with Crippen molar-refractivity contribution in [2.24, 2.45) is 7.05 Å². The number of hydrogen-bond acceptors (Lipinski definition) is 4. The molecule has 138 valence electrons. The maximum atomic E-state index is 14.0. The summed E-state index contributed by atoms with van der Waals surface area (Å²) >= 11 is 0. The fourth-order valence-corrected chi connectivity index (χ4v) is 3.28. The van der Waals surface area contributed by atoms with Crippen molar-refractivity contribution < 1.29 is 23.3 Å². The second-order valence-corrected chi connectivity index (χ2v) is 5.95. The molecule has 0 amide bonds. The van der Waals surface area contributed by atoms with Crippen LogP contribution in [0.3, 0.4) is 0 Å². The van der Waals surface area contributed by atoms with Crippen LogP contribution in [0.4, 0.5) is 4.39 Å². The number of aromatic nitrogens is 1. The summed E-state index contributed by atoms with van der Waals surface area (Å²) in [6.07, 6.45) is 2.57. The minimum atomic E-state index is -0.373. The summed E-state index contributed by atoms with van der Waals surface area (Å²) in [5, 5.41) is 0.971. The van der Waals surface area contributed by atoms with Gasteiger partial charge in [-0.25, -0.2) is 4.39 Å². The van der Waals surface area contributed by atoms with E-state index in [-0.39, 0.29) is 11.6 Å². The molecule has 0 spiro atoms. The molecule has 0 aliphatic carbocycles. The monoisotopic (exact) mass is 359 g/mol. The third-order valence-electron chi connectivity index (χ3n) is 4.46. The first-order valence-electron chi connectivity index (χ1n) is 8.13. The van der Waals surface area contributed by atoms with Crippen molar-refractivity contribution >= 4 is 10.9 Å². The van der Waals surface area contributed by atoms with E-state index in [0.29, 0.717) is 23.7 Å². The first-order chi connectivity index (χ1) is 12.5. The number of benzene rings is 2. The van der Waals surface area contributed by atoms with Gasteiger partial charge in [-0.05, 0) is 35.7 Å². The second-order valence-electron chi connectivity index (χ2n) is 5.95. The molecule has 2 aromatic carbocycles. The summed E-state index contributed by atoms with van der Waals surface area (Å²) in [7, 11) is 8.16. The molecule has 6 heteroatoms. The summed E-state index contributed by atoms with van der Waals surface area (Å²) in [4.78, 5) is 0. The summed E-state index contributed by atoms with van der Waals surface area (Å²) in [5.41, 5.74) is 2.78. The van der Waals surface area contributed by atoms with Crippen LogP contribution in [0.5, 0.6) is 23.0 Å². The first kappa shape index (κ1) is 17.9. The third kappa shape index (κ3) is 2.92. The minimum absolute atomic E-state index is 0.236. The zero-order chi connectivity index (χ0) is 18.8. The first-order valence-corrected chi connectivity index (χ1v) is 8.13. The lowest BCUT2D eigenvalue weighted by molar-refractivity contribution is 0.326. The van der Waals surface area contributed by atoms with Gasteiger partial charge in [0.2, 0.25) is 5.75 Å². The highest BCUT2D eigenvalue weighted by Gasteiger charge is 2.21. The fraction of sp³-hybridized carbons (Fsp3) is 0.300. The lowest BCUT2D eigenvalue weighted by atomic mass is 10.0. The molecule has 1 aromatic heterocycles. The van der Waals surface area contributed by atoms with Crippen LogP contribution in [0.15, 0.2) is 30.5 Å². The SMILES string of the molecule is COc1ccc(Cc2cn(C)c3c(OC)c(OC)c(OC)cc23)cc1F. The molecule has 0 saturated heterocycles. The third-order valence-corrected chi connectivity index (χ3v) is 4.46. The van der Waals surface area contributed by atoms with Gasteiger partial charge in [0.15, 0.2) is 23.1 Å². The van der Waals surface area contributed by atoms with Gasteiger partial charge in [0.1, 0.15) is 0 Å². The van der Waals surface area contributed by atoms with Crippen molar-refractivity contribution in [3.8, 4) is 23.0 Å². The number of ether oxygens (including phenoxy) is 4. The molecule has 0 atom stereocenters. The van der Waals surface area contributed by atoms with Crippen LogP contribution in [0.2, 0.25) is 0 Å². The Kier molecular flexibility index (Phi) is 4.93. The molecule has 0 bridgehead atoms. The largest absolute Gasteiger partial charge is 0.494 e.